The minimum Gasteiger partial charge on any atom is -0.481 e. The summed E-state index contributed by atoms with van der Waals surface area (Å²) >= 11 is 0. The van der Waals surface area contributed by atoms with E-state index in [9.17, 15) is 14.7 Å². The van der Waals surface area contributed by atoms with E-state index in [-0.39, 0.29) is 28.8 Å². The molecule has 5 fully saturated rings. The van der Waals surface area contributed by atoms with Crippen molar-refractivity contribution in [2.45, 2.75) is 84.8 Å². The predicted octanol–water partition coefficient (Wildman–Crippen LogP) is 3.19. The van der Waals surface area contributed by atoms with E-state index < -0.39 is 12.1 Å². The Kier molecular flexibility index (Phi) is 8.83. The first-order chi connectivity index (χ1) is 17.5. The van der Waals surface area contributed by atoms with Gasteiger partial charge < -0.3 is 19.7 Å². The maximum atomic E-state index is 13.9. The largest absolute Gasteiger partial charge is 0.481 e. The molecule has 5 aliphatic rings. The molecule has 0 aromatic rings. The molecular formula is C29H47NO7. The lowest BCUT2D eigenvalue weighted by atomic mass is 9.44. The van der Waals surface area contributed by atoms with Crippen molar-refractivity contribution in [3.8, 4) is 0 Å². The van der Waals surface area contributed by atoms with Crippen LogP contribution < -0.4 is 0 Å². The van der Waals surface area contributed by atoms with Gasteiger partial charge in [0.25, 0.3) is 5.97 Å². The van der Waals surface area contributed by atoms with Gasteiger partial charge in [0.15, 0.2) is 0 Å². The molecule has 0 spiro atoms. The molecule has 4 saturated carbocycles. The summed E-state index contributed by atoms with van der Waals surface area (Å²) in [4.78, 5) is 38.6. The number of aliphatic hydroxyl groups is 1. The maximum Gasteiger partial charge on any atom is 0.300 e. The quantitative estimate of drug-likeness (QED) is 0.567. The molecule has 4 aliphatic carbocycles. The highest BCUT2D eigenvalue weighted by Crippen LogP contribution is 2.66. The summed E-state index contributed by atoms with van der Waals surface area (Å²) in [5.41, 5.74) is -0.297. The predicted molar refractivity (Wildman–Crippen MR) is 138 cm³/mol. The third kappa shape index (κ3) is 5.54. The van der Waals surface area contributed by atoms with E-state index >= 15 is 0 Å². The highest BCUT2D eigenvalue weighted by molar-refractivity contribution is 5.88. The van der Waals surface area contributed by atoms with Crippen molar-refractivity contribution in [2.75, 3.05) is 39.5 Å². The van der Waals surface area contributed by atoms with Crippen LogP contribution in [0, 0.1) is 40.4 Å². The van der Waals surface area contributed by atoms with Crippen LogP contribution in [0.4, 0.5) is 0 Å². The van der Waals surface area contributed by atoms with Crippen LogP contribution in [0.2, 0.25) is 0 Å². The Morgan fingerprint density at radius 2 is 1.78 bits per heavy atom. The van der Waals surface area contributed by atoms with Crippen molar-refractivity contribution >= 4 is 17.5 Å². The number of rotatable bonds is 5. The molecule has 0 bridgehead atoms. The van der Waals surface area contributed by atoms with Gasteiger partial charge in [-0.2, -0.15) is 0 Å². The monoisotopic (exact) mass is 521 g/mol. The van der Waals surface area contributed by atoms with Gasteiger partial charge in [-0.05, 0) is 74.0 Å². The van der Waals surface area contributed by atoms with Crippen molar-refractivity contribution in [1.82, 2.24) is 4.90 Å². The number of hydrogen-bond donors (Lipinski definition) is 2. The number of carboxylic acids is 1. The second kappa shape index (κ2) is 11.4. The van der Waals surface area contributed by atoms with E-state index in [1.165, 1.54) is 0 Å². The minimum atomic E-state index is -0.833. The molecule has 5 rings (SSSR count). The Labute approximate surface area is 221 Å². The van der Waals surface area contributed by atoms with Gasteiger partial charge in [0.1, 0.15) is 11.6 Å². The molecule has 1 heterocycles. The van der Waals surface area contributed by atoms with Crippen LogP contribution in [0.1, 0.15) is 72.6 Å². The number of aliphatic carboxylic acids is 1. The molecule has 8 nitrogen and oxygen atoms in total. The van der Waals surface area contributed by atoms with Crippen LogP contribution >= 0.6 is 0 Å². The van der Waals surface area contributed by atoms with E-state index in [1.807, 2.05) is 6.92 Å². The molecule has 2 N–H and O–H groups in total. The molecule has 0 radical (unpaired) electrons. The Morgan fingerprint density at radius 1 is 1.11 bits per heavy atom. The van der Waals surface area contributed by atoms with Crippen molar-refractivity contribution in [1.29, 1.82) is 0 Å². The SMILES string of the molecule is CC(=O)O.CCO[C@H]1C[C@@]2(C)[C@@H](CC[C@H]3[C@@H]4CC[C@H](C(=O)CN5CCOCC5)[C@@]4(C)CC(=O)[C@@H]32)C[C@@H]1O. The Balaban J connectivity index is 0.000000747. The minimum absolute atomic E-state index is 0.00475. The normalized spacial score (nSPS) is 43.6. The van der Waals surface area contributed by atoms with Gasteiger partial charge >= 0.3 is 0 Å². The number of aliphatic hydroxyl groups excluding tert-OH is 1. The lowest BCUT2D eigenvalue weighted by Crippen LogP contribution is -2.60. The number of hydrogen-bond acceptors (Lipinski definition) is 7. The highest BCUT2D eigenvalue weighted by atomic mass is 16.5. The van der Waals surface area contributed by atoms with Crippen molar-refractivity contribution in [3.63, 3.8) is 0 Å². The summed E-state index contributed by atoms with van der Waals surface area (Å²) in [6.45, 7) is 11.8. The van der Waals surface area contributed by atoms with Crippen LogP contribution in [0.15, 0.2) is 0 Å². The second-order valence-electron chi connectivity index (χ2n) is 12.7. The zero-order valence-electron chi connectivity index (χ0n) is 23.1. The molecule has 8 heteroatoms. The number of carbonyl (C=O) groups is 3. The average molecular weight is 522 g/mol. The van der Waals surface area contributed by atoms with Gasteiger partial charge in [0, 0.05) is 44.9 Å². The van der Waals surface area contributed by atoms with Crippen molar-refractivity contribution < 1.29 is 34.1 Å². The smallest absolute Gasteiger partial charge is 0.300 e. The fourth-order valence-corrected chi connectivity index (χ4v) is 9.08. The first-order valence-corrected chi connectivity index (χ1v) is 14.4. The van der Waals surface area contributed by atoms with Crippen LogP contribution in [-0.4, -0.2) is 84.3 Å². The summed E-state index contributed by atoms with van der Waals surface area (Å²) in [5, 5.41) is 18.1. The summed E-state index contributed by atoms with van der Waals surface area (Å²) in [6, 6.07) is 0. The molecule has 0 amide bonds. The van der Waals surface area contributed by atoms with Crippen LogP contribution in [0.5, 0.6) is 0 Å². The molecule has 1 aliphatic heterocycles. The van der Waals surface area contributed by atoms with Gasteiger partial charge in [0.2, 0.25) is 0 Å². The highest BCUT2D eigenvalue weighted by Gasteiger charge is 2.64. The number of ketones is 2. The van der Waals surface area contributed by atoms with E-state index in [2.05, 4.69) is 18.7 Å². The molecular weight excluding hydrogens is 474 g/mol. The second-order valence-corrected chi connectivity index (χ2v) is 12.7. The molecule has 0 unspecified atom stereocenters. The Morgan fingerprint density at radius 3 is 2.43 bits per heavy atom. The van der Waals surface area contributed by atoms with Gasteiger partial charge in [-0.1, -0.05) is 13.8 Å². The van der Waals surface area contributed by atoms with Crippen molar-refractivity contribution in [2.24, 2.45) is 40.4 Å². The van der Waals surface area contributed by atoms with Gasteiger partial charge in [0.05, 0.1) is 32.0 Å². The van der Waals surface area contributed by atoms with Gasteiger partial charge in [-0.15, -0.1) is 0 Å². The molecule has 210 valence electrons. The fraction of sp³-hybridized carbons (Fsp3) is 0.897. The van der Waals surface area contributed by atoms with Crippen LogP contribution in [0.25, 0.3) is 0 Å². The number of Topliss-reactive ketones (excluding diaryl/α,β-unsaturated/α-hetero) is 2. The molecule has 37 heavy (non-hydrogen) atoms. The molecule has 9 atom stereocenters. The first kappa shape index (κ1) is 28.7. The number of nitrogens with zero attached hydrogens (tertiary/aromatic N) is 1. The zero-order chi connectivity index (χ0) is 27.0. The summed E-state index contributed by atoms with van der Waals surface area (Å²) in [5.74, 6) is 1.15. The lowest BCUT2D eigenvalue weighted by Gasteiger charge is -2.60. The van der Waals surface area contributed by atoms with E-state index in [1.54, 1.807) is 0 Å². The average Bonchev–Trinajstić information content (AvgIpc) is 3.17. The third-order valence-corrected chi connectivity index (χ3v) is 10.6. The first-order valence-electron chi connectivity index (χ1n) is 14.4. The van der Waals surface area contributed by atoms with Gasteiger partial charge in [-0.3, -0.25) is 19.3 Å². The number of ether oxygens (including phenoxy) is 2. The summed E-state index contributed by atoms with van der Waals surface area (Å²) in [7, 11) is 0. The number of carbonyl (C=O) groups excluding carboxylic acids is 2. The fourth-order valence-electron chi connectivity index (χ4n) is 9.08. The van der Waals surface area contributed by atoms with Gasteiger partial charge in [-0.25, -0.2) is 0 Å². The van der Waals surface area contributed by atoms with Crippen molar-refractivity contribution in [3.05, 3.63) is 0 Å². The maximum absolute atomic E-state index is 13.9. The number of morpholine rings is 1. The topological polar surface area (TPSA) is 113 Å². The molecule has 0 aromatic heterocycles. The standard InChI is InChI=1S/C27H43NO5.C2H4O2/c1-4-33-24-15-26(2)17(13-21(24)29)5-6-18-19-7-8-20(27(19,3)14-22(30)25(18)26)23(31)16-28-9-11-32-12-10-28;1-2(3)4/h17-21,24-25,29H,4-16H2,1-3H3;1H3,(H,3,4)/t17-,18-,19-,20+,21-,24-,25+,26-,27-;/m0./s1. The van der Waals surface area contributed by atoms with E-state index in [4.69, 9.17) is 19.4 Å². The third-order valence-electron chi connectivity index (χ3n) is 10.6. The summed E-state index contributed by atoms with van der Waals surface area (Å²) in [6.07, 6.45) is 5.64. The molecule has 0 aromatic carbocycles. The van der Waals surface area contributed by atoms with E-state index in [0.717, 1.165) is 58.5 Å². The Hall–Kier alpha value is -1.35. The summed E-state index contributed by atoms with van der Waals surface area (Å²) < 4.78 is 11.4. The molecule has 1 saturated heterocycles. The number of carboxylic acid groups (broad SMARTS) is 1. The van der Waals surface area contributed by atoms with Crippen LogP contribution in [0.3, 0.4) is 0 Å². The zero-order valence-corrected chi connectivity index (χ0v) is 23.1. The van der Waals surface area contributed by atoms with E-state index in [0.29, 0.717) is 62.1 Å². The lowest BCUT2D eigenvalue weighted by molar-refractivity contribution is -0.179. The van der Waals surface area contributed by atoms with Crippen LogP contribution in [-0.2, 0) is 23.9 Å². The Bertz CT molecular complexity index is 853. The number of fused-ring (bicyclic) bond motifs is 5.